The van der Waals surface area contributed by atoms with E-state index in [0.29, 0.717) is 25.4 Å². The number of benzene rings is 1. The number of amides is 1. The molecule has 0 spiro atoms. The van der Waals surface area contributed by atoms with Gasteiger partial charge in [-0.25, -0.2) is 13.1 Å². The summed E-state index contributed by atoms with van der Waals surface area (Å²) >= 11 is 0. The largest absolute Gasteiger partial charge is 0.494 e. The van der Waals surface area contributed by atoms with Gasteiger partial charge in [0.05, 0.1) is 11.5 Å². The number of nitrogens with two attached hydrogens (primary N) is 1. The minimum absolute atomic E-state index is 0.0561. The molecule has 3 N–H and O–H groups in total. The minimum Gasteiger partial charge on any atom is -0.494 e. The highest BCUT2D eigenvalue weighted by Crippen LogP contribution is 2.27. The Morgan fingerprint density at radius 2 is 2.00 bits per heavy atom. The SMILES string of the molecule is CCOc1ccc(S(=O)(=O)NCCC(=O)N2CCC(N)C(C)(C)C2)cc1. The van der Waals surface area contributed by atoms with Gasteiger partial charge in [0.2, 0.25) is 15.9 Å². The molecule has 1 unspecified atom stereocenters. The van der Waals surface area contributed by atoms with Crippen molar-refractivity contribution in [1.82, 2.24) is 9.62 Å². The number of piperidine rings is 1. The van der Waals surface area contributed by atoms with Crippen LogP contribution in [0.4, 0.5) is 0 Å². The Morgan fingerprint density at radius 3 is 2.58 bits per heavy atom. The van der Waals surface area contributed by atoms with Crippen LogP contribution in [0.3, 0.4) is 0 Å². The van der Waals surface area contributed by atoms with Crippen molar-refractivity contribution >= 4 is 15.9 Å². The quantitative estimate of drug-likeness (QED) is 0.740. The number of rotatable bonds is 7. The lowest BCUT2D eigenvalue weighted by atomic mass is 9.79. The first-order chi connectivity index (χ1) is 12.2. The maximum absolute atomic E-state index is 12.4. The van der Waals surface area contributed by atoms with E-state index in [9.17, 15) is 13.2 Å². The second-order valence-corrected chi connectivity index (χ2v) is 9.02. The molecule has 0 aromatic heterocycles. The summed E-state index contributed by atoms with van der Waals surface area (Å²) in [5.74, 6) is 0.562. The summed E-state index contributed by atoms with van der Waals surface area (Å²) in [4.78, 5) is 14.3. The van der Waals surface area contributed by atoms with Crippen molar-refractivity contribution < 1.29 is 17.9 Å². The fraction of sp³-hybridized carbons (Fsp3) is 0.611. The number of ether oxygens (including phenoxy) is 1. The molecule has 1 aliphatic rings. The fourth-order valence-electron chi connectivity index (χ4n) is 3.00. The van der Waals surface area contributed by atoms with Crippen molar-refractivity contribution in [2.45, 2.75) is 44.6 Å². The second-order valence-electron chi connectivity index (χ2n) is 7.25. The van der Waals surface area contributed by atoms with E-state index in [2.05, 4.69) is 4.72 Å². The van der Waals surface area contributed by atoms with E-state index in [1.165, 1.54) is 12.1 Å². The Bertz CT molecular complexity index is 716. The molecule has 1 aromatic carbocycles. The Morgan fingerprint density at radius 1 is 1.35 bits per heavy atom. The predicted molar refractivity (Wildman–Crippen MR) is 100 cm³/mol. The molecule has 1 fully saturated rings. The van der Waals surface area contributed by atoms with Crippen molar-refractivity contribution in [3.8, 4) is 5.75 Å². The fourth-order valence-corrected chi connectivity index (χ4v) is 4.03. The first-order valence-electron chi connectivity index (χ1n) is 8.91. The van der Waals surface area contributed by atoms with Gasteiger partial charge < -0.3 is 15.4 Å². The molecular weight excluding hydrogens is 354 g/mol. The van der Waals surface area contributed by atoms with Crippen LogP contribution in [-0.2, 0) is 14.8 Å². The van der Waals surface area contributed by atoms with Crippen molar-refractivity contribution in [3.63, 3.8) is 0 Å². The average molecular weight is 384 g/mol. The molecule has 0 aliphatic carbocycles. The van der Waals surface area contributed by atoms with Crippen LogP contribution >= 0.6 is 0 Å². The van der Waals surface area contributed by atoms with E-state index in [0.717, 1.165) is 6.42 Å². The third-order valence-corrected chi connectivity index (χ3v) is 6.22. The summed E-state index contributed by atoms with van der Waals surface area (Å²) in [5, 5.41) is 0. The standard InChI is InChI=1S/C18H29N3O4S/c1-4-25-14-5-7-15(8-6-14)26(23,24)20-11-9-17(22)21-12-10-16(19)18(2,3)13-21/h5-8,16,20H,4,9-13,19H2,1-3H3. The molecule has 8 heteroatoms. The summed E-state index contributed by atoms with van der Waals surface area (Å²) in [6, 6.07) is 6.28. The summed E-state index contributed by atoms with van der Waals surface area (Å²) in [5.41, 5.74) is 5.96. The normalized spacial score (nSPS) is 20.0. The Labute approximate surface area is 155 Å². The van der Waals surface area contributed by atoms with Gasteiger partial charge in [-0.3, -0.25) is 4.79 Å². The first kappa shape index (κ1) is 20.7. The van der Waals surface area contributed by atoms with Crippen LogP contribution in [-0.4, -0.2) is 51.5 Å². The summed E-state index contributed by atoms with van der Waals surface area (Å²) in [6.07, 6.45) is 0.887. The van der Waals surface area contributed by atoms with Crippen LogP contribution < -0.4 is 15.2 Å². The smallest absolute Gasteiger partial charge is 0.240 e. The summed E-state index contributed by atoms with van der Waals surface area (Å²) < 4.78 is 32.4. The van der Waals surface area contributed by atoms with Crippen molar-refractivity contribution in [1.29, 1.82) is 0 Å². The third-order valence-electron chi connectivity index (χ3n) is 4.74. The molecule has 1 saturated heterocycles. The molecule has 7 nitrogen and oxygen atoms in total. The minimum atomic E-state index is -3.65. The van der Waals surface area contributed by atoms with Gasteiger partial charge in [-0.1, -0.05) is 13.8 Å². The molecule has 2 rings (SSSR count). The molecule has 1 aliphatic heterocycles. The molecule has 1 heterocycles. The zero-order valence-electron chi connectivity index (χ0n) is 15.7. The Hall–Kier alpha value is -1.64. The molecule has 0 saturated carbocycles. The lowest BCUT2D eigenvalue weighted by molar-refractivity contribution is -0.134. The summed E-state index contributed by atoms with van der Waals surface area (Å²) in [7, 11) is -3.65. The van der Waals surface area contributed by atoms with Crippen LogP contribution in [0.1, 0.15) is 33.6 Å². The molecule has 0 bridgehead atoms. The van der Waals surface area contributed by atoms with Crippen molar-refractivity contribution in [2.24, 2.45) is 11.1 Å². The molecule has 146 valence electrons. The van der Waals surface area contributed by atoms with Gasteiger partial charge in [0.1, 0.15) is 5.75 Å². The first-order valence-corrected chi connectivity index (χ1v) is 10.4. The van der Waals surface area contributed by atoms with Gasteiger partial charge in [-0.15, -0.1) is 0 Å². The summed E-state index contributed by atoms with van der Waals surface area (Å²) in [6.45, 7) is 7.76. The molecular formula is C18H29N3O4S. The van der Waals surface area contributed by atoms with Crippen LogP contribution in [0.5, 0.6) is 5.75 Å². The van der Waals surface area contributed by atoms with E-state index in [-0.39, 0.29) is 35.2 Å². The maximum atomic E-state index is 12.4. The number of nitrogens with one attached hydrogen (secondary N) is 1. The van der Waals surface area contributed by atoms with Gasteiger partial charge in [0.15, 0.2) is 0 Å². The lowest BCUT2D eigenvalue weighted by Crippen LogP contribution is -2.54. The van der Waals surface area contributed by atoms with Gasteiger partial charge in [0, 0.05) is 32.1 Å². The van der Waals surface area contributed by atoms with E-state index in [1.807, 2.05) is 20.8 Å². The van der Waals surface area contributed by atoms with Crippen LogP contribution in [0.2, 0.25) is 0 Å². The average Bonchev–Trinajstić information content (AvgIpc) is 2.58. The third kappa shape index (κ3) is 5.18. The molecule has 1 aromatic rings. The molecule has 26 heavy (non-hydrogen) atoms. The maximum Gasteiger partial charge on any atom is 0.240 e. The van der Waals surface area contributed by atoms with Crippen LogP contribution in [0.25, 0.3) is 0 Å². The zero-order valence-corrected chi connectivity index (χ0v) is 16.5. The van der Waals surface area contributed by atoms with Crippen LogP contribution in [0.15, 0.2) is 29.2 Å². The van der Waals surface area contributed by atoms with Gasteiger partial charge in [-0.2, -0.15) is 0 Å². The molecule has 1 atom stereocenters. The highest BCUT2D eigenvalue weighted by Gasteiger charge is 2.35. The van der Waals surface area contributed by atoms with E-state index >= 15 is 0 Å². The predicted octanol–water partition coefficient (Wildman–Crippen LogP) is 1.34. The second kappa shape index (κ2) is 8.37. The highest BCUT2D eigenvalue weighted by atomic mass is 32.2. The van der Waals surface area contributed by atoms with Crippen molar-refractivity contribution in [3.05, 3.63) is 24.3 Å². The van der Waals surface area contributed by atoms with E-state index < -0.39 is 10.0 Å². The number of carbonyl (C=O) groups is 1. The number of likely N-dealkylation sites (tertiary alicyclic amines) is 1. The van der Waals surface area contributed by atoms with Crippen LogP contribution in [0, 0.1) is 5.41 Å². The number of nitrogens with zero attached hydrogens (tertiary/aromatic N) is 1. The van der Waals surface area contributed by atoms with E-state index in [4.69, 9.17) is 10.5 Å². The Balaban J connectivity index is 1.87. The molecule has 0 radical (unpaired) electrons. The lowest BCUT2D eigenvalue weighted by Gasteiger charge is -2.42. The van der Waals surface area contributed by atoms with Crippen molar-refractivity contribution in [2.75, 3.05) is 26.2 Å². The monoisotopic (exact) mass is 383 g/mol. The number of hydrogen-bond donors (Lipinski definition) is 2. The zero-order chi connectivity index (χ0) is 19.4. The molecule has 1 amide bonds. The number of carbonyl (C=O) groups excluding carboxylic acids is 1. The highest BCUT2D eigenvalue weighted by molar-refractivity contribution is 7.89. The Kier molecular flexibility index (Phi) is 6.65. The van der Waals surface area contributed by atoms with Gasteiger partial charge in [-0.05, 0) is 43.0 Å². The van der Waals surface area contributed by atoms with Gasteiger partial charge in [0.25, 0.3) is 0 Å². The van der Waals surface area contributed by atoms with Gasteiger partial charge >= 0.3 is 0 Å². The van der Waals surface area contributed by atoms with E-state index in [1.54, 1.807) is 17.0 Å². The topological polar surface area (TPSA) is 102 Å². The number of sulfonamides is 1. The number of hydrogen-bond acceptors (Lipinski definition) is 5.